The van der Waals surface area contributed by atoms with Crippen molar-refractivity contribution in [2.24, 2.45) is 0 Å². The molecule has 4 heteroatoms. The van der Waals surface area contributed by atoms with Gasteiger partial charge in [-0.1, -0.05) is 38.1 Å². The standard InChI is InChI=1S/C17H20N2O2/c1-12(2)14-6-8-15(9-7-14)18-17(21)19-16-5-3-4-13(10-16)11-20/h3-10,12,20H,11H2,1-2H3,(H2,18,19,21). The fourth-order valence-electron chi connectivity index (χ4n) is 1.99. The largest absolute Gasteiger partial charge is 0.392 e. The lowest BCUT2D eigenvalue weighted by atomic mass is 10.0. The molecule has 0 aliphatic rings. The van der Waals surface area contributed by atoms with Crippen LogP contribution in [0.4, 0.5) is 16.2 Å². The fourth-order valence-corrected chi connectivity index (χ4v) is 1.99. The number of aliphatic hydroxyl groups excluding tert-OH is 1. The van der Waals surface area contributed by atoms with Gasteiger partial charge in [-0.3, -0.25) is 0 Å². The van der Waals surface area contributed by atoms with Gasteiger partial charge in [0.15, 0.2) is 0 Å². The van der Waals surface area contributed by atoms with Gasteiger partial charge in [-0.05, 0) is 41.3 Å². The van der Waals surface area contributed by atoms with Crippen LogP contribution in [-0.2, 0) is 6.61 Å². The van der Waals surface area contributed by atoms with Crippen LogP contribution in [0.5, 0.6) is 0 Å². The normalized spacial score (nSPS) is 10.5. The van der Waals surface area contributed by atoms with Crippen molar-refractivity contribution in [3.8, 4) is 0 Å². The van der Waals surface area contributed by atoms with Crippen LogP contribution in [0.2, 0.25) is 0 Å². The number of benzene rings is 2. The molecule has 0 fully saturated rings. The second-order valence-corrected chi connectivity index (χ2v) is 5.21. The summed E-state index contributed by atoms with van der Waals surface area (Å²) in [4.78, 5) is 11.9. The highest BCUT2D eigenvalue weighted by Gasteiger charge is 2.04. The molecule has 2 aromatic rings. The van der Waals surface area contributed by atoms with Gasteiger partial charge in [-0.25, -0.2) is 4.79 Å². The summed E-state index contributed by atoms with van der Waals surface area (Å²) in [6.45, 7) is 4.21. The molecule has 0 radical (unpaired) electrons. The zero-order valence-corrected chi connectivity index (χ0v) is 12.3. The maximum atomic E-state index is 11.9. The predicted molar refractivity (Wildman–Crippen MR) is 85.5 cm³/mol. The van der Waals surface area contributed by atoms with Crippen LogP contribution in [-0.4, -0.2) is 11.1 Å². The monoisotopic (exact) mass is 284 g/mol. The maximum absolute atomic E-state index is 11.9. The Kier molecular flexibility index (Phi) is 4.95. The van der Waals surface area contributed by atoms with Gasteiger partial charge in [0, 0.05) is 11.4 Å². The number of anilines is 2. The van der Waals surface area contributed by atoms with E-state index in [0.717, 1.165) is 11.3 Å². The molecule has 0 saturated carbocycles. The zero-order valence-electron chi connectivity index (χ0n) is 12.3. The average molecular weight is 284 g/mol. The molecule has 0 bridgehead atoms. The highest BCUT2D eigenvalue weighted by atomic mass is 16.3. The molecule has 0 spiro atoms. The van der Waals surface area contributed by atoms with E-state index in [4.69, 9.17) is 5.11 Å². The van der Waals surface area contributed by atoms with Crippen molar-refractivity contribution in [3.63, 3.8) is 0 Å². The second kappa shape index (κ2) is 6.90. The first-order chi connectivity index (χ1) is 10.1. The summed E-state index contributed by atoms with van der Waals surface area (Å²) in [5.41, 5.74) is 3.39. The lowest BCUT2D eigenvalue weighted by Crippen LogP contribution is -2.19. The minimum Gasteiger partial charge on any atom is -0.392 e. The van der Waals surface area contributed by atoms with E-state index in [1.165, 1.54) is 5.56 Å². The van der Waals surface area contributed by atoms with Crippen LogP contribution in [0.15, 0.2) is 48.5 Å². The van der Waals surface area contributed by atoms with Crippen LogP contribution >= 0.6 is 0 Å². The summed E-state index contributed by atoms with van der Waals surface area (Å²) in [6, 6.07) is 14.6. The van der Waals surface area contributed by atoms with Crippen molar-refractivity contribution >= 4 is 17.4 Å². The predicted octanol–water partition coefficient (Wildman–Crippen LogP) is 3.95. The topological polar surface area (TPSA) is 61.4 Å². The van der Waals surface area contributed by atoms with E-state index in [9.17, 15) is 4.79 Å². The molecular weight excluding hydrogens is 264 g/mol. The van der Waals surface area contributed by atoms with Crippen LogP contribution in [0, 0.1) is 0 Å². The van der Waals surface area contributed by atoms with E-state index in [1.807, 2.05) is 24.3 Å². The molecule has 2 aromatic carbocycles. The summed E-state index contributed by atoms with van der Waals surface area (Å²) in [5.74, 6) is 0.467. The molecular formula is C17H20N2O2. The number of hydrogen-bond acceptors (Lipinski definition) is 2. The summed E-state index contributed by atoms with van der Waals surface area (Å²) in [7, 11) is 0. The van der Waals surface area contributed by atoms with Gasteiger partial charge in [0.05, 0.1) is 6.61 Å². The molecule has 0 unspecified atom stereocenters. The van der Waals surface area contributed by atoms with Crippen LogP contribution in [0.1, 0.15) is 30.9 Å². The first-order valence-corrected chi connectivity index (χ1v) is 6.96. The average Bonchev–Trinajstić information content (AvgIpc) is 2.47. The quantitative estimate of drug-likeness (QED) is 0.796. The van der Waals surface area contributed by atoms with Crippen molar-refractivity contribution < 1.29 is 9.90 Å². The van der Waals surface area contributed by atoms with Crippen LogP contribution in [0.25, 0.3) is 0 Å². The first kappa shape index (κ1) is 15.1. The molecule has 0 aliphatic carbocycles. The number of urea groups is 1. The maximum Gasteiger partial charge on any atom is 0.323 e. The Morgan fingerprint density at radius 2 is 1.71 bits per heavy atom. The van der Waals surface area contributed by atoms with E-state index in [2.05, 4.69) is 24.5 Å². The van der Waals surface area contributed by atoms with E-state index < -0.39 is 0 Å². The number of amides is 2. The minimum atomic E-state index is -0.303. The Bertz CT molecular complexity index is 606. The molecule has 2 rings (SSSR count). The Labute approximate surface area is 124 Å². The van der Waals surface area contributed by atoms with Crippen molar-refractivity contribution in [2.45, 2.75) is 26.4 Å². The van der Waals surface area contributed by atoms with E-state index >= 15 is 0 Å². The number of hydrogen-bond donors (Lipinski definition) is 3. The first-order valence-electron chi connectivity index (χ1n) is 6.96. The highest BCUT2D eigenvalue weighted by Crippen LogP contribution is 2.17. The van der Waals surface area contributed by atoms with Crippen molar-refractivity contribution in [3.05, 3.63) is 59.7 Å². The van der Waals surface area contributed by atoms with Gasteiger partial charge in [-0.2, -0.15) is 0 Å². The Morgan fingerprint density at radius 3 is 2.33 bits per heavy atom. The van der Waals surface area contributed by atoms with Gasteiger partial charge in [0.2, 0.25) is 0 Å². The van der Waals surface area contributed by atoms with Crippen molar-refractivity contribution in [2.75, 3.05) is 10.6 Å². The van der Waals surface area contributed by atoms with E-state index in [0.29, 0.717) is 11.6 Å². The van der Waals surface area contributed by atoms with Gasteiger partial charge >= 0.3 is 6.03 Å². The molecule has 0 heterocycles. The van der Waals surface area contributed by atoms with Gasteiger partial charge in [0.1, 0.15) is 0 Å². The number of carbonyl (C=O) groups excluding carboxylic acids is 1. The third-order valence-electron chi connectivity index (χ3n) is 3.20. The van der Waals surface area contributed by atoms with Gasteiger partial charge < -0.3 is 15.7 Å². The zero-order chi connectivity index (χ0) is 15.2. The Hall–Kier alpha value is -2.33. The Morgan fingerprint density at radius 1 is 1.05 bits per heavy atom. The highest BCUT2D eigenvalue weighted by molar-refractivity contribution is 5.99. The number of nitrogens with one attached hydrogen (secondary N) is 2. The lowest BCUT2D eigenvalue weighted by Gasteiger charge is -2.10. The lowest BCUT2D eigenvalue weighted by molar-refractivity contribution is 0.262. The van der Waals surface area contributed by atoms with Crippen molar-refractivity contribution in [1.29, 1.82) is 0 Å². The molecule has 0 atom stereocenters. The van der Waals surface area contributed by atoms with E-state index in [1.54, 1.807) is 24.3 Å². The van der Waals surface area contributed by atoms with Crippen LogP contribution in [0.3, 0.4) is 0 Å². The molecule has 3 N–H and O–H groups in total. The molecule has 110 valence electrons. The summed E-state index contributed by atoms with van der Waals surface area (Å²) < 4.78 is 0. The number of aliphatic hydroxyl groups is 1. The van der Waals surface area contributed by atoms with Gasteiger partial charge in [-0.15, -0.1) is 0 Å². The fraction of sp³-hybridized carbons (Fsp3) is 0.235. The summed E-state index contributed by atoms with van der Waals surface area (Å²) >= 11 is 0. The Balaban J connectivity index is 1.97. The van der Waals surface area contributed by atoms with Crippen molar-refractivity contribution in [1.82, 2.24) is 0 Å². The van der Waals surface area contributed by atoms with E-state index in [-0.39, 0.29) is 12.6 Å². The minimum absolute atomic E-state index is 0.0478. The molecule has 21 heavy (non-hydrogen) atoms. The van der Waals surface area contributed by atoms with Gasteiger partial charge in [0.25, 0.3) is 0 Å². The molecule has 2 amide bonds. The third kappa shape index (κ3) is 4.33. The van der Waals surface area contributed by atoms with Crippen LogP contribution < -0.4 is 10.6 Å². The molecule has 0 saturated heterocycles. The molecule has 0 aromatic heterocycles. The molecule has 0 aliphatic heterocycles. The summed E-state index contributed by atoms with van der Waals surface area (Å²) in [6.07, 6.45) is 0. The molecule has 4 nitrogen and oxygen atoms in total. The number of rotatable bonds is 4. The number of carbonyl (C=O) groups is 1. The smallest absolute Gasteiger partial charge is 0.323 e. The SMILES string of the molecule is CC(C)c1ccc(NC(=O)Nc2cccc(CO)c2)cc1. The third-order valence-corrected chi connectivity index (χ3v) is 3.20. The summed E-state index contributed by atoms with van der Waals surface area (Å²) in [5, 5.41) is 14.6. The second-order valence-electron chi connectivity index (χ2n) is 5.21.